The van der Waals surface area contributed by atoms with Crippen LogP contribution in [0.2, 0.25) is 5.02 Å². The van der Waals surface area contributed by atoms with E-state index in [0.717, 1.165) is 16.9 Å². The molecule has 2 aromatic carbocycles. The molecule has 266 valence electrons. The van der Waals surface area contributed by atoms with Gasteiger partial charge in [0, 0.05) is 44.2 Å². The summed E-state index contributed by atoms with van der Waals surface area (Å²) in [5.74, 6) is -0.891. The van der Waals surface area contributed by atoms with Crippen LogP contribution < -0.4 is 11.1 Å². The number of nitrogens with zero attached hydrogens (tertiary/aromatic N) is 4. The molecule has 13 nitrogen and oxygen atoms in total. The molecule has 2 heterocycles. The third-order valence-electron chi connectivity index (χ3n) is 8.21. The van der Waals surface area contributed by atoms with Gasteiger partial charge in [-0.2, -0.15) is 4.31 Å². The molecule has 16 heteroatoms. The summed E-state index contributed by atoms with van der Waals surface area (Å²) >= 11 is 7.03. The first-order chi connectivity index (χ1) is 23.1. The fourth-order valence-corrected chi connectivity index (χ4v) is 8.33. The van der Waals surface area contributed by atoms with Gasteiger partial charge in [-0.15, -0.1) is 0 Å². The first kappa shape index (κ1) is 38.0. The minimum absolute atomic E-state index is 0.0157. The van der Waals surface area contributed by atoms with Crippen LogP contribution in [-0.2, 0) is 27.8 Å². The molecule has 4 N–H and O–H groups in total. The van der Waals surface area contributed by atoms with Crippen molar-refractivity contribution >= 4 is 55.6 Å². The second kappa shape index (κ2) is 16.3. The average molecular weight is 735 g/mol. The minimum Gasteiger partial charge on any atom is -0.397 e. The highest BCUT2D eigenvalue weighted by molar-refractivity contribution is 7.89. The number of amides is 3. The summed E-state index contributed by atoms with van der Waals surface area (Å²) in [7, 11) is -4.12. The molecule has 0 bridgehead atoms. The Balaban J connectivity index is 1.57. The molecule has 3 amide bonds. The highest BCUT2D eigenvalue weighted by Crippen LogP contribution is 2.28. The van der Waals surface area contributed by atoms with Crippen LogP contribution in [0.3, 0.4) is 0 Å². The summed E-state index contributed by atoms with van der Waals surface area (Å²) in [6, 6.07) is 12.5. The zero-order valence-corrected chi connectivity index (χ0v) is 30.2. The number of aliphatic hydroxyl groups is 1. The molecule has 1 fully saturated rings. The summed E-state index contributed by atoms with van der Waals surface area (Å²) in [6.45, 7) is 7.88. The Morgan fingerprint density at radius 2 is 1.80 bits per heavy atom. The van der Waals surface area contributed by atoms with Crippen molar-refractivity contribution in [2.24, 2.45) is 11.8 Å². The van der Waals surface area contributed by atoms with Gasteiger partial charge in [-0.25, -0.2) is 13.2 Å². The third kappa shape index (κ3) is 9.48. The van der Waals surface area contributed by atoms with E-state index in [1.807, 2.05) is 58.0 Å². The lowest BCUT2D eigenvalue weighted by Gasteiger charge is -2.34. The molecule has 0 spiro atoms. The molecule has 1 aliphatic rings. The Morgan fingerprint density at radius 1 is 1.10 bits per heavy atom. The summed E-state index contributed by atoms with van der Waals surface area (Å²) in [5.41, 5.74) is 7.46. The molecule has 1 saturated heterocycles. The van der Waals surface area contributed by atoms with E-state index in [4.69, 9.17) is 17.3 Å². The van der Waals surface area contributed by atoms with Crippen molar-refractivity contribution in [3.63, 3.8) is 0 Å². The van der Waals surface area contributed by atoms with Gasteiger partial charge < -0.3 is 26.0 Å². The second-order valence-electron chi connectivity index (χ2n) is 12.9. The highest BCUT2D eigenvalue weighted by Gasteiger charge is 2.40. The van der Waals surface area contributed by atoms with Gasteiger partial charge in [0.2, 0.25) is 15.9 Å². The number of nitro groups is 1. The van der Waals surface area contributed by atoms with Crippen molar-refractivity contribution in [3.05, 3.63) is 86.2 Å². The number of nitrogens with two attached hydrogens (primary N) is 1. The molecule has 4 rings (SSSR count). The molecule has 0 aliphatic carbocycles. The number of anilines is 1. The maximum atomic E-state index is 14.1. The van der Waals surface area contributed by atoms with Crippen LogP contribution in [0.25, 0.3) is 0 Å². The van der Waals surface area contributed by atoms with Gasteiger partial charge in [-0.1, -0.05) is 81.0 Å². The standard InChI is InChI=1S/C33H43ClN6O7S2/c1-21(2)17-38(49(46,47)25-10-11-26(34)27(35)16-25)19-29(41)28(14-23-8-6-5-7-9-23)36-32(42)31(22(3)4)39-13-12-37(33(39)43)18-24-15-30(40(44)45)48-20-24/h5-11,15-16,20-22,28-29,31,41H,12-14,17-19,35H2,1-4H3,(H,36,42)/t28-,29-,31-/m0/s1. The van der Waals surface area contributed by atoms with E-state index >= 15 is 0 Å². The number of sulfonamides is 1. The Bertz CT molecular complexity index is 1740. The number of carbonyl (C=O) groups excluding carboxylic acids is 2. The molecular formula is C33H43ClN6O7S2. The van der Waals surface area contributed by atoms with Gasteiger partial charge in [-0.3, -0.25) is 14.9 Å². The number of nitrogen functional groups attached to an aromatic ring is 1. The smallest absolute Gasteiger partial charge is 0.324 e. The lowest BCUT2D eigenvalue weighted by atomic mass is 9.97. The van der Waals surface area contributed by atoms with Crippen LogP contribution in [0.15, 0.2) is 64.9 Å². The van der Waals surface area contributed by atoms with Crippen molar-refractivity contribution in [2.75, 3.05) is 31.9 Å². The molecule has 0 radical (unpaired) electrons. The van der Waals surface area contributed by atoms with Crippen LogP contribution in [0.4, 0.5) is 15.5 Å². The van der Waals surface area contributed by atoms with Crippen molar-refractivity contribution in [1.29, 1.82) is 0 Å². The monoisotopic (exact) mass is 734 g/mol. The van der Waals surface area contributed by atoms with Gasteiger partial charge >= 0.3 is 11.0 Å². The Labute approximate surface area is 295 Å². The second-order valence-corrected chi connectivity index (χ2v) is 16.1. The Kier molecular flexibility index (Phi) is 12.7. The fraction of sp³-hybridized carbons (Fsp3) is 0.455. The van der Waals surface area contributed by atoms with E-state index in [0.29, 0.717) is 12.1 Å². The molecule has 1 aliphatic heterocycles. The number of carbonyl (C=O) groups is 2. The van der Waals surface area contributed by atoms with Gasteiger partial charge in [-0.05, 0) is 47.6 Å². The van der Waals surface area contributed by atoms with Crippen molar-refractivity contribution in [1.82, 2.24) is 19.4 Å². The quantitative estimate of drug-likeness (QED) is 0.109. The van der Waals surface area contributed by atoms with E-state index in [9.17, 15) is 33.2 Å². The first-order valence-electron chi connectivity index (χ1n) is 15.9. The van der Waals surface area contributed by atoms with E-state index in [2.05, 4.69) is 5.32 Å². The lowest BCUT2D eigenvalue weighted by molar-refractivity contribution is -0.380. The predicted molar refractivity (Wildman–Crippen MR) is 190 cm³/mol. The largest absolute Gasteiger partial charge is 0.397 e. The molecule has 49 heavy (non-hydrogen) atoms. The molecular weight excluding hydrogens is 692 g/mol. The number of hydrogen-bond donors (Lipinski definition) is 3. The lowest BCUT2D eigenvalue weighted by Crippen LogP contribution is -2.57. The van der Waals surface area contributed by atoms with Gasteiger partial charge in [0.15, 0.2) is 0 Å². The first-order valence-corrected chi connectivity index (χ1v) is 18.6. The normalized spacial score (nSPS) is 15.7. The molecule has 1 aromatic heterocycles. The van der Waals surface area contributed by atoms with Crippen LogP contribution in [0, 0.1) is 22.0 Å². The van der Waals surface area contributed by atoms with Crippen LogP contribution in [0.5, 0.6) is 0 Å². The molecule has 0 unspecified atom stereocenters. The predicted octanol–water partition coefficient (Wildman–Crippen LogP) is 4.59. The van der Waals surface area contributed by atoms with E-state index < -0.39 is 39.0 Å². The average Bonchev–Trinajstić information content (AvgIpc) is 3.65. The maximum absolute atomic E-state index is 14.1. The third-order valence-corrected chi connectivity index (χ3v) is 11.3. The van der Waals surface area contributed by atoms with Crippen LogP contribution in [-0.4, -0.2) is 88.9 Å². The summed E-state index contributed by atoms with van der Waals surface area (Å²) in [4.78, 5) is 41.2. The summed E-state index contributed by atoms with van der Waals surface area (Å²) in [6.07, 6.45) is -1.14. The van der Waals surface area contributed by atoms with Gasteiger partial charge in [0.05, 0.1) is 32.7 Å². The minimum atomic E-state index is -4.12. The van der Waals surface area contributed by atoms with Gasteiger partial charge in [0.25, 0.3) is 0 Å². The zero-order chi connectivity index (χ0) is 36.0. The SMILES string of the molecule is CC(C)CN(C[C@H](O)[C@H](Cc1ccccc1)NC(=O)[C@H](C(C)C)N1CCN(Cc2csc([N+](=O)[O-])c2)C1=O)S(=O)(=O)c1ccc(Cl)c(N)c1. The zero-order valence-electron chi connectivity index (χ0n) is 27.9. The topological polar surface area (TPSA) is 179 Å². The summed E-state index contributed by atoms with van der Waals surface area (Å²) in [5, 5.41) is 27.6. The Hall–Kier alpha value is -3.76. The number of benzene rings is 2. The number of thiophene rings is 1. The molecule has 3 aromatic rings. The number of hydrogen-bond acceptors (Lipinski definition) is 9. The number of rotatable bonds is 16. The highest BCUT2D eigenvalue weighted by atomic mass is 35.5. The molecule has 3 atom stereocenters. The van der Waals surface area contributed by atoms with E-state index in [1.165, 1.54) is 33.5 Å². The van der Waals surface area contributed by atoms with Crippen LogP contribution in [0.1, 0.15) is 38.8 Å². The number of halogens is 1. The number of nitrogens with one attached hydrogen (secondary N) is 1. The fourth-order valence-electron chi connectivity index (χ4n) is 5.84. The number of aliphatic hydroxyl groups excluding tert-OH is 1. The molecule has 0 saturated carbocycles. The maximum Gasteiger partial charge on any atom is 0.324 e. The summed E-state index contributed by atoms with van der Waals surface area (Å²) < 4.78 is 28.8. The number of urea groups is 1. The van der Waals surface area contributed by atoms with E-state index in [1.54, 1.807) is 10.3 Å². The van der Waals surface area contributed by atoms with Gasteiger partial charge in [0.1, 0.15) is 6.04 Å². The van der Waals surface area contributed by atoms with Crippen molar-refractivity contribution < 1.29 is 28.0 Å². The van der Waals surface area contributed by atoms with E-state index in [-0.39, 0.29) is 71.1 Å². The Morgan fingerprint density at radius 3 is 2.39 bits per heavy atom. The van der Waals surface area contributed by atoms with Crippen molar-refractivity contribution in [3.8, 4) is 0 Å². The van der Waals surface area contributed by atoms with Crippen LogP contribution >= 0.6 is 22.9 Å². The van der Waals surface area contributed by atoms with Crippen molar-refractivity contribution in [2.45, 2.75) is 63.7 Å².